The monoisotopic (exact) mass is 459 g/mol. The summed E-state index contributed by atoms with van der Waals surface area (Å²) in [6.07, 6.45) is 1.69. The molecule has 0 aliphatic carbocycles. The number of rotatable bonds is 8. The van der Waals surface area contributed by atoms with Gasteiger partial charge in [0, 0.05) is 13.1 Å². The van der Waals surface area contributed by atoms with E-state index in [1.807, 2.05) is 6.92 Å². The number of hydrogen-bond donors (Lipinski definition) is 1. The summed E-state index contributed by atoms with van der Waals surface area (Å²) in [4.78, 5) is 42.1. The second-order valence-corrected chi connectivity index (χ2v) is 8.55. The molecule has 0 bridgehead atoms. The van der Waals surface area contributed by atoms with Gasteiger partial charge in [0.1, 0.15) is 5.54 Å². The van der Waals surface area contributed by atoms with Gasteiger partial charge in [-0.1, -0.05) is 19.1 Å². The van der Waals surface area contributed by atoms with Gasteiger partial charge in [-0.15, -0.1) is 0 Å². The number of hydrogen-bond acceptors (Lipinski definition) is 6. The number of carbonyl (C=O) groups excluding carboxylic acids is 3. The summed E-state index contributed by atoms with van der Waals surface area (Å²) in [5.41, 5.74) is 0.189. The van der Waals surface area contributed by atoms with Gasteiger partial charge in [-0.2, -0.15) is 0 Å². The minimum absolute atomic E-state index is 0.0644. The highest BCUT2D eigenvalue weighted by Gasteiger charge is 2.54. The van der Waals surface area contributed by atoms with Gasteiger partial charge < -0.3 is 24.4 Å². The van der Waals surface area contributed by atoms with Crippen molar-refractivity contribution in [2.75, 3.05) is 41.0 Å². The number of nitrogens with zero attached hydrogens (tertiary/aromatic N) is 2. The molecule has 2 saturated heterocycles. The van der Waals surface area contributed by atoms with Gasteiger partial charge in [0.25, 0.3) is 11.8 Å². The predicted octanol–water partition coefficient (Wildman–Crippen LogP) is 2.84. The molecule has 0 radical (unpaired) electrons. The molecular formula is C24H33N3O6. The number of imide groups is 1. The molecule has 0 saturated carbocycles. The maximum absolute atomic E-state index is 13.3. The van der Waals surface area contributed by atoms with E-state index in [-0.39, 0.29) is 30.3 Å². The molecular weight excluding hydrogens is 426 g/mol. The SMILES string of the molecule is C=C(C)CN1C(=O)NC(CC)(C2CCN(C(=O)c3ccc(OC)c(OC)c3OC)CC2)C1=O. The molecule has 1 N–H and O–H groups in total. The van der Waals surface area contributed by atoms with Crippen LogP contribution in [0.4, 0.5) is 4.79 Å². The molecule has 2 aliphatic rings. The van der Waals surface area contributed by atoms with Crippen LogP contribution in [-0.4, -0.2) is 74.1 Å². The summed E-state index contributed by atoms with van der Waals surface area (Å²) < 4.78 is 16.2. The highest BCUT2D eigenvalue weighted by molar-refractivity contribution is 6.07. The normalized spacial score (nSPS) is 21.1. The van der Waals surface area contributed by atoms with E-state index in [1.54, 1.807) is 24.0 Å². The second kappa shape index (κ2) is 9.72. The Morgan fingerprint density at radius 2 is 1.76 bits per heavy atom. The Hall–Kier alpha value is -3.23. The van der Waals surface area contributed by atoms with E-state index in [0.29, 0.717) is 55.2 Å². The molecule has 1 aromatic rings. The van der Waals surface area contributed by atoms with Crippen molar-refractivity contribution < 1.29 is 28.6 Å². The highest BCUT2D eigenvalue weighted by Crippen LogP contribution is 2.41. The van der Waals surface area contributed by atoms with E-state index in [9.17, 15) is 14.4 Å². The Morgan fingerprint density at radius 1 is 1.12 bits per heavy atom. The Morgan fingerprint density at radius 3 is 2.27 bits per heavy atom. The molecule has 9 nitrogen and oxygen atoms in total. The van der Waals surface area contributed by atoms with Gasteiger partial charge in [0.15, 0.2) is 11.5 Å². The Labute approximate surface area is 194 Å². The van der Waals surface area contributed by atoms with Crippen molar-refractivity contribution in [3.05, 3.63) is 29.8 Å². The van der Waals surface area contributed by atoms with E-state index in [2.05, 4.69) is 11.9 Å². The van der Waals surface area contributed by atoms with Crippen molar-refractivity contribution in [2.45, 2.75) is 38.6 Å². The van der Waals surface area contributed by atoms with Crippen LogP contribution in [0.3, 0.4) is 0 Å². The van der Waals surface area contributed by atoms with Gasteiger partial charge in [-0.3, -0.25) is 14.5 Å². The topological polar surface area (TPSA) is 97.4 Å². The predicted molar refractivity (Wildman–Crippen MR) is 123 cm³/mol. The lowest BCUT2D eigenvalue weighted by atomic mass is 9.75. The number of likely N-dealkylation sites (tertiary alicyclic amines) is 1. The smallest absolute Gasteiger partial charge is 0.325 e. The van der Waals surface area contributed by atoms with Crippen molar-refractivity contribution in [2.24, 2.45) is 5.92 Å². The van der Waals surface area contributed by atoms with Crippen molar-refractivity contribution >= 4 is 17.8 Å². The average molecular weight is 460 g/mol. The van der Waals surface area contributed by atoms with E-state index < -0.39 is 5.54 Å². The number of urea groups is 1. The third-order valence-corrected chi connectivity index (χ3v) is 6.60. The van der Waals surface area contributed by atoms with Crippen LogP contribution in [-0.2, 0) is 4.79 Å². The molecule has 0 spiro atoms. The molecule has 0 aromatic heterocycles. The lowest BCUT2D eigenvalue weighted by molar-refractivity contribution is -0.133. The Balaban J connectivity index is 1.77. The molecule has 3 rings (SSSR count). The molecule has 9 heteroatoms. The van der Waals surface area contributed by atoms with Crippen LogP contribution in [0.1, 0.15) is 43.5 Å². The number of methoxy groups -OCH3 is 3. The lowest BCUT2D eigenvalue weighted by Gasteiger charge is -2.40. The van der Waals surface area contributed by atoms with Gasteiger partial charge >= 0.3 is 6.03 Å². The zero-order chi connectivity index (χ0) is 24.3. The second-order valence-electron chi connectivity index (χ2n) is 8.55. The molecule has 2 heterocycles. The maximum atomic E-state index is 13.3. The molecule has 1 unspecified atom stereocenters. The summed E-state index contributed by atoms with van der Waals surface area (Å²) in [5, 5.41) is 2.96. The standard InChI is InChI=1S/C24H33N3O6/c1-7-24(22(29)27(14-15(2)3)23(30)25-24)16-10-12-26(13-11-16)21(28)17-8-9-18(31-4)20(33-6)19(17)32-5/h8-9,16H,2,7,10-14H2,1,3-6H3,(H,25,30). The minimum Gasteiger partial charge on any atom is -0.493 e. The molecule has 4 amide bonds. The van der Waals surface area contributed by atoms with Crippen LogP contribution < -0.4 is 19.5 Å². The third kappa shape index (κ3) is 4.24. The zero-order valence-electron chi connectivity index (χ0n) is 20.0. The Kier molecular flexibility index (Phi) is 7.19. The first kappa shape index (κ1) is 24.4. The quantitative estimate of drug-likeness (QED) is 0.474. The number of carbonyl (C=O) groups is 3. The fourth-order valence-electron chi connectivity index (χ4n) is 4.88. The number of benzene rings is 1. The van der Waals surface area contributed by atoms with Gasteiger partial charge in [0.2, 0.25) is 5.75 Å². The lowest BCUT2D eigenvalue weighted by Crippen LogP contribution is -2.56. The van der Waals surface area contributed by atoms with Crippen LogP contribution >= 0.6 is 0 Å². The van der Waals surface area contributed by atoms with Crippen LogP contribution in [0.2, 0.25) is 0 Å². The summed E-state index contributed by atoms with van der Waals surface area (Å²) in [6.45, 7) is 8.67. The maximum Gasteiger partial charge on any atom is 0.325 e. The molecule has 180 valence electrons. The van der Waals surface area contributed by atoms with E-state index >= 15 is 0 Å². The van der Waals surface area contributed by atoms with Gasteiger partial charge in [-0.05, 0) is 44.2 Å². The van der Waals surface area contributed by atoms with Crippen molar-refractivity contribution in [1.82, 2.24) is 15.1 Å². The largest absolute Gasteiger partial charge is 0.493 e. The van der Waals surface area contributed by atoms with Gasteiger partial charge in [0.05, 0.1) is 33.4 Å². The first-order valence-electron chi connectivity index (χ1n) is 11.1. The first-order chi connectivity index (χ1) is 15.7. The summed E-state index contributed by atoms with van der Waals surface area (Å²) >= 11 is 0. The van der Waals surface area contributed by atoms with Crippen LogP contribution in [0.25, 0.3) is 0 Å². The molecule has 1 aromatic carbocycles. The molecule has 2 aliphatic heterocycles. The summed E-state index contributed by atoms with van der Waals surface area (Å²) in [7, 11) is 4.50. The van der Waals surface area contributed by atoms with Crippen molar-refractivity contribution in [3.63, 3.8) is 0 Å². The van der Waals surface area contributed by atoms with E-state index in [1.165, 1.54) is 26.2 Å². The minimum atomic E-state index is -0.942. The summed E-state index contributed by atoms with van der Waals surface area (Å²) in [5.74, 6) is 0.715. The highest BCUT2D eigenvalue weighted by atomic mass is 16.5. The fraction of sp³-hybridized carbons (Fsp3) is 0.542. The zero-order valence-corrected chi connectivity index (χ0v) is 20.0. The first-order valence-corrected chi connectivity index (χ1v) is 11.1. The van der Waals surface area contributed by atoms with Crippen molar-refractivity contribution in [3.8, 4) is 17.2 Å². The fourth-order valence-corrected chi connectivity index (χ4v) is 4.88. The number of ether oxygens (including phenoxy) is 3. The van der Waals surface area contributed by atoms with Crippen LogP contribution in [0.15, 0.2) is 24.3 Å². The average Bonchev–Trinajstić information content (AvgIpc) is 3.07. The number of amides is 4. The molecule has 1 atom stereocenters. The van der Waals surface area contributed by atoms with Crippen molar-refractivity contribution in [1.29, 1.82) is 0 Å². The Bertz CT molecular complexity index is 954. The molecule has 2 fully saturated rings. The third-order valence-electron chi connectivity index (χ3n) is 6.60. The molecule has 33 heavy (non-hydrogen) atoms. The van der Waals surface area contributed by atoms with E-state index in [0.717, 1.165) is 5.57 Å². The van der Waals surface area contributed by atoms with Crippen LogP contribution in [0, 0.1) is 5.92 Å². The summed E-state index contributed by atoms with van der Waals surface area (Å²) in [6, 6.07) is 2.97. The van der Waals surface area contributed by atoms with Crippen LogP contribution in [0.5, 0.6) is 17.2 Å². The number of piperidine rings is 1. The van der Waals surface area contributed by atoms with E-state index in [4.69, 9.17) is 14.2 Å². The van der Waals surface area contributed by atoms with Gasteiger partial charge in [-0.25, -0.2) is 4.79 Å². The number of nitrogens with one attached hydrogen (secondary N) is 1.